The fraction of sp³-hybridized carbons (Fsp3) is 0.562. The fourth-order valence-electron chi connectivity index (χ4n) is 3.33. The van der Waals surface area contributed by atoms with Crippen LogP contribution in [0.2, 0.25) is 0 Å². The summed E-state index contributed by atoms with van der Waals surface area (Å²) < 4.78 is 0. The highest BCUT2D eigenvalue weighted by Crippen LogP contribution is 2.36. The van der Waals surface area contributed by atoms with Crippen LogP contribution in [0.4, 0.5) is 11.4 Å². The van der Waals surface area contributed by atoms with Crippen LogP contribution in [0.25, 0.3) is 0 Å². The summed E-state index contributed by atoms with van der Waals surface area (Å²) in [5.41, 5.74) is 1.39. The van der Waals surface area contributed by atoms with E-state index in [9.17, 15) is 4.79 Å². The second-order valence-corrected chi connectivity index (χ2v) is 6.10. The summed E-state index contributed by atoms with van der Waals surface area (Å²) in [5, 5.41) is 15.6. The predicted molar refractivity (Wildman–Crippen MR) is 83.4 cm³/mol. The molecule has 1 aromatic rings. The van der Waals surface area contributed by atoms with E-state index in [2.05, 4.69) is 22.5 Å². The predicted octanol–water partition coefficient (Wildman–Crippen LogP) is 1.66. The van der Waals surface area contributed by atoms with Crippen molar-refractivity contribution in [2.75, 3.05) is 30.3 Å². The number of nitrogens with one attached hydrogen (secondary N) is 2. The van der Waals surface area contributed by atoms with Crippen LogP contribution in [-0.2, 0) is 4.79 Å². The van der Waals surface area contributed by atoms with Crippen molar-refractivity contribution in [2.45, 2.75) is 37.8 Å². The van der Waals surface area contributed by atoms with E-state index in [0.29, 0.717) is 6.04 Å². The molecule has 5 nitrogen and oxygen atoms in total. The number of aliphatic hydroxyl groups is 1. The van der Waals surface area contributed by atoms with Gasteiger partial charge in [-0.05, 0) is 38.3 Å². The Balaban J connectivity index is 1.72. The number of fused-ring (bicyclic) bond motifs is 1. The largest absolute Gasteiger partial charge is 0.396 e. The van der Waals surface area contributed by atoms with E-state index in [1.807, 2.05) is 24.3 Å². The molecule has 2 aliphatic rings. The van der Waals surface area contributed by atoms with E-state index in [1.165, 1.54) is 0 Å². The van der Waals surface area contributed by atoms with Gasteiger partial charge in [0, 0.05) is 25.7 Å². The van der Waals surface area contributed by atoms with Gasteiger partial charge in [-0.3, -0.25) is 4.79 Å². The number of nitrogens with zero attached hydrogens (tertiary/aromatic N) is 1. The molecule has 0 bridgehead atoms. The maximum atomic E-state index is 12.5. The molecule has 1 aromatic carbocycles. The van der Waals surface area contributed by atoms with Gasteiger partial charge in [0.25, 0.3) is 0 Å². The quantitative estimate of drug-likeness (QED) is 0.792. The molecular formula is C16H23N3O2. The van der Waals surface area contributed by atoms with E-state index < -0.39 is 5.54 Å². The smallest absolute Gasteiger partial charge is 0.250 e. The van der Waals surface area contributed by atoms with Crippen molar-refractivity contribution in [2.24, 2.45) is 0 Å². The Labute approximate surface area is 125 Å². The van der Waals surface area contributed by atoms with Crippen LogP contribution in [0.15, 0.2) is 24.3 Å². The molecule has 0 aromatic heterocycles. The van der Waals surface area contributed by atoms with Crippen LogP contribution in [0, 0.1) is 0 Å². The summed E-state index contributed by atoms with van der Waals surface area (Å²) in [5.74, 6) is 0.0793. The maximum absolute atomic E-state index is 12.5. The molecule has 0 radical (unpaired) electrons. The first kappa shape index (κ1) is 14.4. The van der Waals surface area contributed by atoms with E-state index in [-0.39, 0.29) is 12.5 Å². The molecule has 5 heteroatoms. The molecule has 21 heavy (non-hydrogen) atoms. The topological polar surface area (TPSA) is 64.6 Å². The van der Waals surface area contributed by atoms with Crippen molar-refractivity contribution in [3.63, 3.8) is 0 Å². The molecule has 1 atom stereocenters. The van der Waals surface area contributed by atoms with Crippen molar-refractivity contribution >= 4 is 17.3 Å². The SMILES string of the molecule is C[C@H](CCO)N1CCC2(CC1)Nc1ccccc1NC2=O. The average Bonchev–Trinajstić information content (AvgIpc) is 2.49. The van der Waals surface area contributed by atoms with E-state index >= 15 is 0 Å². The lowest BCUT2D eigenvalue weighted by Gasteiger charge is -2.45. The van der Waals surface area contributed by atoms with Crippen molar-refractivity contribution in [1.29, 1.82) is 0 Å². The number of benzene rings is 1. The van der Waals surface area contributed by atoms with Gasteiger partial charge in [-0.25, -0.2) is 0 Å². The summed E-state index contributed by atoms with van der Waals surface area (Å²) in [6.07, 6.45) is 2.38. The summed E-state index contributed by atoms with van der Waals surface area (Å²) >= 11 is 0. The molecule has 1 saturated heterocycles. The number of carbonyl (C=O) groups is 1. The number of rotatable bonds is 3. The molecule has 0 saturated carbocycles. The van der Waals surface area contributed by atoms with Crippen molar-refractivity contribution in [3.8, 4) is 0 Å². The average molecular weight is 289 g/mol. The van der Waals surface area contributed by atoms with Crippen LogP contribution in [0.3, 0.4) is 0 Å². The zero-order valence-corrected chi connectivity index (χ0v) is 12.4. The van der Waals surface area contributed by atoms with E-state index in [1.54, 1.807) is 0 Å². The highest BCUT2D eigenvalue weighted by molar-refractivity contribution is 6.06. The molecule has 3 N–H and O–H groups in total. The van der Waals surface area contributed by atoms with Gasteiger partial charge in [0.1, 0.15) is 5.54 Å². The fourth-order valence-corrected chi connectivity index (χ4v) is 3.33. The van der Waals surface area contributed by atoms with Crippen LogP contribution in [0.5, 0.6) is 0 Å². The third-order valence-electron chi connectivity index (χ3n) is 4.81. The Morgan fingerprint density at radius 2 is 1.95 bits per heavy atom. The number of para-hydroxylation sites is 2. The highest BCUT2D eigenvalue weighted by Gasteiger charge is 2.44. The zero-order chi connectivity index (χ0) is 14.9. The first-order chi connectivity index (χ1) is 10.1. The summed E-state index contributed by atoms with van der Waals surface area (Å²) in [4.78, 5) is 14.9. The zero-order valence-electron chi connectivity index (χ0n) is 12.4. The number of likely N-dealkylation sites (tertiary alicyclic amines) is 1. The van der Waals surface area contributed by atoms with Gasteiger partial charge >= 0.3 is 0 Å². The minimum absolute atomic E-state index is 0.0793. The van der Waals surface area contributed by atoms with Crippen molar-refractivity contribution in [1.82, 2.24) is 4.90 Å². The van der Waals surface area contributed by atoms with Gasteiger partial charge in [-0.15, -0.1) is 0 Å². The number of carbonyl (C=O) groups excluding carboxylic acids is 1. The summed E-state index contributed by atoms with van der Waals surface area (Å²) in [7, 11) is 0. The highest BCUT2D eigenvalue weighted by atomic mass is 16.3. The Morgan fingerprint density at radius 3 is 2.62 bits per heavy atom. The van der Waals surface area contributed by atoms with Gasteiger partial charge in [0.15, 0.2) is 0 Å². The van der Waals surface area contributed by atoms with Crippen molar-refractivity contribution < 1.29 is 9.90 Å². The lowest BCUT2D eigenvalue weighted by Crippen LogP contribution is -2.59. The maximum Gasteiger partial charge on any atom is 0.250 e. The number of piperidine rings is 1. The first-order valence-corrected chi connectivity index (χ1v) is 7.68. The lowest BCUT2D eigenvalue weighted by atomic mass is 9.84. The number of anilines is 2. The number of hydrogen-bond acceptors (Lipinski definition) is 4. The minimum Gasteiger partial charge on any atom is -0.396 e. The molecule has 2 aliphatic heterocycles. The van der Waals surface area contributed by atoms with E-state index in [0.717, 1.165) is 43.7 Å². The minimum atomic E-state index is -0.482. The number of aliphatic hydroxyl groups excluding tert-OH is 1. The molecule has 1 spiro atoms. The third kappa shape index (κ3) is 2.63. The van der Waals surface area contributed by atoms with Crippen LogP contribution >= 0.6 is 0 Å². The third-order valence-corrected chi connectivity index (χ3v) is 4.81. The molecule has 1 amide bonds. The van der Waals surface area contributed by atoms with Crippen molar-refractivity contribution in [3.05, 3.63) is 24.3 Å². The first-order valence-electron chi connectivity index (χ1n) is 7.68. The number of hydrogen-bond donors (Lipinski definition) is 3. The Morgan fingerprint density at radius 1 is 1.29 bits per heavy atom. The second-order valence-electron chi connectivity index (χ2n) is 6.10. The molecular weight excluding hydrogens is 266 g/mol. The van der Waals surface area contributed by atoms with Gasteiger partial charge < -0.3 is 20.6 Å². The van der Waals surface area contributed by atoms with Crippen LogP contribution in [-0.4, -0.2) is 47.2 Å². The monoisotopic (exact) mass is 289 g/mol. The summed E-state index contributed by atoms with van der Waals surface area (Å²) in [6.45, 7) is 4.11. The van der Waals surface area contributed by atoms with Crippen LogP contribution < -0.4 is 10.6 Å². The van der Waals surface area contributed by atoms with Gasteiger partial charge in [0.05, 0.1) is 11.4 Å². The van der Waals surface area contributed by atoms with Gasteiger partial charge in [0.2, 0.25) is 5.91 Å². The van der Waals surface area contributed by atoms with Crippen LogP contribution in [0.1, 0.15) is 26.2 Å². The normalized spacial score (nSPS) is 22.3. The van der Waals surface area contributed by atoms with Gasteiger partial charge in [-0.1, -0.05) is 12.1 Å². The molecule has 0 aliphatic carbocycles. The lowest BCUT2D eigenvalue weighted by molar-refractivity contribution is -0.122. The van der Waals surface area contributed by atoms with Gasteiger partial charge in [-0.2, -0.15) is 0 Å². The second kappa shape index (κ2) is 5.66. The molecule has 3 rings (SSSR count). The van der Waals surface area contributed by atoms with E-state index in [4.69, 9.17) is 5.11 Å². The molecule has 114 valence electrons. The Bertz CT molecular complexity index is 524. The summed E-state index contributed by atoms with van der Waals surface area (Å²) in [6, 6.07) is 8.21. The molecule has 2 heterocycles. The molecule has 0 unspecified atom stereocenters. The molecule has 1 fully saturated rings. The Hall–Kier alpha value is -1.59. The standard InChI is InChI=1S/C16H23N3O2/c1-12(6-11-20)19-9-7-16(8-10-19)15(21)17-13-4-2-3-5-14(13)18-16/h2-5,12,18,20H,6-11H2,1H3,(H,17,21)/t12-/m1/s1. The number of amides is 1. The Kier molecular flexibility index (Phi) is 3.87.